The number of aliphatic hydroxyl groups is 1. The highest BCUT2D eigenvalue weighted by molar-refractivity contribution is 4.86. The van der Waals surface area contributed by atoms with Gasteiger partial charge in [-0.05, 0) is 18.9 Å². The Labute approximate surface area is 95.4 Å². The number of aromatic nitrogens is 2. The molecule has 2 rings (SSSR count). The summed E-state index contributed by atoms with van der Waals surface area (Å²) in [5, 5.41) is 17.1. The molecule has 1 aromatic heterocycles. The van der Waals surface area contributed by atoms with Crippen molar-refractivity contribution in [3.63, 3.8) is 0 Å². The highest BCUT2D eigenvalue weighted by Crippen LogP contribution is 2.22. The smallest absolute Gasteiger partial charge is 0.0860 e. The molecule has 16 heavy (non-hydrogen) atoms. The second-order valence-corrected chi connectivity index (χ2v) is 4.32. The number of aliphatic hydroxyl groups excluding tert-OH is 1. The third kappa shape index (κ3) is 3.04. The van der Waals surface area contributed by atoms with Crippen LogP contribution < -0.4 is 5.32 Å². The monoisotopic (exact) mass is 225 g/mol. The van der Waals surface area contributed by atoms with E-state index in [1.807, 2.05) is 12.3 Å². The molecule has 0 saturated heterocycles. The molecule has 1 aromatic rings. The number of hydrogen-bond donors (Lipinski definition) is 2. The zero-order valence-electron chi connectivity index (χ0n) is 9.54. The molecule has 0 bridgehead atoms. The van der Waals surface area contributed by atoms with Crippen molar-refractivity contribution in [3.8, 4) is 0 Å². The van der Waals surface area contributed by atoms with E-state index < -0.39 is 0 Å². The maximum absolute atomic E-state index is 9.76. The summed E-state index contributed by atoms with van der Waals surface area (Å²) in [5.41, 5.74) is 0. The molecule has 1 aliphatic carbocycles. The fourth-order valence-electron chi connectivity index (χ4n) is 1.92. The maximum atomic E-state index is 9.76. The summed E-state index contributed by atoms with van der Waals surface area (Å²) in [6.45, 7) is 1.15. The molecule has 0 spiro atoms. The minimum atomic E-state index is -0.388. The zero-order chi connectivity index (χ0) is 11.4. The molecule has 0 aliphatic heterocycles. The van der Waals surface area contributed by atoms with E-state index in [2.05, 4.69) is 10.4 Å². The Morgan fingerprint density at radius 2 is 2.44 bits per heavy atom. The van der Waals surface area contributed by atoms with Gasteiger partial charge < -0.3 is 15.2 Å². The van der Waals surface area contributed by atoms with E-state index in [1.165, 1.54) is 0 Å². The van der Waals surface area contributed by atoms with Gasteiger partial charge in [-0.1, -0.05) is 0 Å². The Balaban J connectivity index is 1.60. The summed E-state index contributed by atoms with van der Waals surface area (Å²) < 4.78 is 6.93. The van der Waals surface area contributed by atoms with Crippen LogP contribution in [0.4, 0.5) is 0 Å². The predicted octanol–water partition coefficient (Wildman–Crippen LogP) is 0.0110. The molecule has 5 nitrogen and oxygen atoms in total. The lowest BCUT2D eigenvalue weighted by Gasteiger charge is -2.35. The van der Waals surface area contributed by atoms with Crippen molar-refractivity contribution in [1.29, 1.82) is 0 Å². The molecule has 1 atom stereocenters. The minimum absolute atomic E-state index is 0.388. The van der Waals surface area contributed by atoms with Crippen molar-refractivity contribution < 1.29 is 9.84 Å². The first-order chi connectivity index (χ1) is 7.78. The van der Waals surface area contributed by atoms with E-state index in [-0.39, 0.29) is 6.10 Å². The molecule has 1 heterocycles. The first-order valence-corrected chi connectivity index (χ1v) is 5.69. The Morgan fingerprint density at radius 3 is 3.06 bits per heavy atom. The van der Waals surface area contributed by atoms with Crippen LogP contribution in [-0.2, 0) is 11.3 Å². The average Bonchev–Trinajstić information content (AvgIpc) is 2.68. The standard InChI is InChI=1S/C11H19N3O2/c1-16-11-5-9(6-11)12-7-10(15)8-14-4-2-3-13-14/h2-4,9-12,15H,5-8H2,1H3. The first-order valence-electron chi connectivity index (χ1n) is 5.69. The van der Waals surface area contributed by atoms with Crippen molar-refractivity contribution >= 4 is 0 Å². The molecular formula is C11H19N3O2. The quantitative estimate of drug-likeness (QED) is 0.716. The van der Waals surface area contributed by atoms with E-state index in [1.54, 1.807) is 18.0 Å². The molecule has 0 aromatic carbocycles. The van der Waals surface area contributed by atoms with Crippen LogP contribution in [-0.4, -0.2) is 46.8 Å². The van der Waals surface area contributed by atoms with Crippen LogP contribution in [0.2, 0.25) is 0 Å². The topological polar surface area (TPSA) is 59.3 Å². The van der Waals surface area contributed by atoms with Crippen LogP contribution in [0.25, 0.3) is 0 Å². The van der Waals surface area contributed by atoms with Gasteiger partial charge in [-0.2, -0.15) is 5.10 Å². The number of methoxy groups -OCH3 is 1. The van der Waals surface area contributed by atoms with Gasteiger partial charge in [-0.3, -0.25) is 4.68 Å². The molecule has 5 heteroatoms. The third-order valence-corrected chi connectivity index (χ3v) is 3.03. The molecule has 0 amide bonds. The van der Waals surface area contributed by atoms with Crippen LogP contribution >= 0.6 is 0 Å². The maximum Gasteiger partial charge on any atom is 0.0860 e. The van der Waals surface area contributed by atoms with Crippen LogP contribution in [0.1, 0.15) is 12.8 Å². The van der Waals surface area contributed by atoms with E-state index in [9.17, 15) is 5.11 Å². The summed E-state index contributed by atoms with van der Waals surface area (Å²) in [5.74, 6) is 0. The molecule has 0 radical (unpaired) electrons. The van der Waals surface area contributed by atoms with Crippen LogP contribution in [0.15, 0.2) is 18.5 Å². The lowest BCUT2D eigenvalue weighted by Crippen LogP contribution is -2.47. The lowest BCUT2D eigenvalue weighted by atomic mass is 9.89. The highest BCUT2D eigenvalue weighted by atomic mass is 16.5. The first kappa shape index (κ1) is 11.6. The lowest BCUT2D eigenvalue weighted by molar-refractivity contribution is 0.0130. The number of hydrogen-bond acceptors (Lipinski definition) is 4. The second-order valence-electron chi connectivity index (χ2n) is 4.32. The van der Waals surface area contributed by atoms with Crippen molar-refractivity contribution in [3.05, 3.63) is 18.5 Å². The normalized spacial score (nSPS) is 26.4. The Bertz CT molecular complexity index is 296. The number of rotatable bonds is 6. The molecule has 1 fully saturated rings. The summed E-state index contributed by atoms with van der Waals surface area (Å²) in [4.78, 5) is 0. The van der Waals surface area contributed by atoms with Crippen molar-refractivity contribution in [2.45, 2.75) is 37.6 Å². The van der Waals surface area contributed by atoms with E-state index in [0.717, 1.165) is 12.8 Å². The van der Waals surface area contributed by atoms with Gasteiger partial charge in [0.2, 0.25) is 0 Å². The van der Waals surface area contributed by atoms with Crippen LogP contribution in [0.3, 0.4) is 0 Å². The van der Waals surface area contributed by atoms with E-state index >= 15 is 0 Å². The van der Waals surface area contributed by atoms with Gasteiger partial charge in [0.05, 0.1) is 18.8 Å². The van der Waals surface area contributed by atoms with Crippen LogP contribution in [0, 0.1) is 0 Å². The summed E-state index contributed by atoms with van der Waals surface area (Å²) in [6, 6.07) is 2.35. The fourth-order valence-corrected chi connectivity index (χ4v) is 1.92. The van der Waals surface area contributed by atoms with Crippen molar-refractivity contribution in [2.24, 2.45) is 0 Å². The zero-order valence-corrected chi connectivity index (χ0v) is 9.54. The summed E-state index contributed by atoms with van der Waals surface area (Å²) >= 11 is 0. The van der Waals surface area contributed by atoms with Gasteiger partial charge >= 0.3 is 0 Å². The number of nitrogens with one attached hydrogen (secondary N) is 1. The van der Waals surface area contributed by atoms with E-state index in [0.29, 0.717) is 25.2 Å². The van der Waals surface area contributed by atoms with Crippen molar-refractivity contribution in [2.75, 3.05) is 13.7 Å². The molecule has 90 valence electrons. The number of ether oxygens (including phenoxy) is 1. The second kappa shape index (κ2) is 5.43. The Hall–Kier alpha value is -0.910. The van der Waals surface area contributed by atoms with Crippen molar-refractivity contribution in [1.82, 2.24) is 15.1 Å². The fraction of sp³-hybridized carbons (Fsp3) is 0.727. The third-order valence-electron chi connectivity index (χ3n) is 3.03. The molecule has 2 N–H and O–H groups in total. The molecule has 1 saturated carbocycles. The predicted molar refractivity (Wildman–Crippen MR) is 60.1 cm³/mol. The number of nitrogens with zero attached hydrogens (tertiary/aromatic N) is 2. The Kier molecular flexibility index (Phi) is 3.93. The molecule has 1 aliphatic rings. The van der Waals surface area contributed by atoms with Crippen LogP contribution in [0.5, 0.6) is 0 Å². The van der Waals surface area contributed by atoms with Gasteiger partial charge in [0, 0.05) is 32.1 Å². The minimum Gasteiger partial charge on any atom is -0.390 e. The average molecular weight is 225 g/mol. The van der Waals surface area contributed by atoms with Gasteiger partial charge in [0.15, 0.2) is 0 Å². The summed E-state index contributed by atoms with van der Waals surface area (Å²) in [7, 11) is 1.74. The SMILES string of the molecule is COC1CC(NCC(O)Cn2cccn2)C1. The van der Waals surface area contributed by atoms with Gasteiger partial charge in [0.25, 0.3) is 0 Å². The Morgan fingerprint density at radius 1 is 1.62 bits per heavy atom. The summed E-state index contributed by atoms with van der Waals surface area (Å²) in [6.07, 6.45) is 5.68. The largest absolute Gasteiger partial charge is 0.390 e. The van der Waals surface area contributed by atoms with Gasteiger partial charge in [-0.25, -0.2) is 0 Å². The molecule has 1 unspecified atom stereocenters. The highest BCUT2D eigenvalue weighted by Gasteiger charge is 2.28. The van der Waals surface area contributed by atoms with Gasteiger partial charge in [0.1, 0.15) is 0 Å². The molecular weight excluding hydrogens is 206 g/mol. The van der Waals surface area contributed by atoms with Gasteiger partial charge in [-0.15, -0.1) is 0 Å². The van der Waals surface area contributed by atoms with E-state index in [4.69, 9.17) is 4.74 Å².